The summed E-state index contributed by atoms with van der Waals surface area (Å²) < 4.78 is 0. The number of rotatable bonds is 4. The summed E-state index contributed by atoms with van der Waals surface area (Å²) in [6.07, 6.45) is 4.02. The monoisotopic (exact) mass is 372 g/mol. The first-order chi connectivity index (χ1) is 13.0. The van der Waals surface area contributed by atoms with Crippen LogP contribution in [0.1, 0.15) is 62.0 Å². The minimum Gasteiger partial charge on any atom is -0.349 e. The number of benzene rings is 1. The lowest BCUT2D eigenvalue weighted by Gasteiger charge is -2.33. The minimum atomic E-state index is 0.0353. The van der Waals surface area contributed by atoms with Gasteiger partial charge in [-0.3, -0.25) is 14.9 Å². The zero-order valence-electron chi connectivity index (χ0n) is 16.6. The maximum absolute atomic E-state index is 12.8. The number of hydrogen-bond donors (Lipinski definition) is 3. The fourth-order valence-corrected chi connectivity index (χ4v) is 4.83. The van der Waals surface area contributed by atoms with Crippen molar-refractivity contribution >= 4 is 5.91 Å². The Bertz CT molecular complexity index is 685. The van der Waals surface area contributed by atoms with Crippen LogP contribution in [-0.2, 0) is 16.1 Å². The van der Waals surface area contributed by atoms with E-state index in [2.05, 4.69) is 60.1 Å². The summed E-state index contributed by atoms with van der Waals surface area (Å²) in [5.74, 6) is 0.907. The van der Waals surface area contributed by atoms with E-state index in [1.165, 1.54) is 16.7 Å². The van der Waals surface area contributed by atoms with Crippen molar-refractivity contribution in [3.63, 3.8) is 0 Å². The van der Waals surface area contributed by atoms with Crippen molar-refractivity contribution in [1.29, 1.82) is 0 Å². The Labute approximate surface area is 162 Å². The van der Waals surface area contributed by atoms with Crippen molar-refractivity contribution < 1.29 is 9.63 Å². The summed E-state index contributed by atoms with van der Waals surface area (Å²) in [6.45, 7) is 6.29. The summed E-state index contributed by atoms with van der Waals surface area (Å²) in [5.41, 5.74) is 6.88. The molecule has 6 nitrogen and oxygen atoms in total. The number of likely N-dealkylation sites (tertiary alicyclic amines) is 1. The maximum Gasteiger partial charge on any atom is 0.224 e. The summed E-state index contributed by atoms with van der Waals surface area (Å²) in [6, 6.07) is 6.73. The van der Waals surface area contributed by atoms with E-state index in [0.717, 1.165) is 38.8 Å². The largest absolute Gasteiger partial charge is 0.349 e. The topological polar surface area (TPSA) is 65.6 Å². The molecule has 2 aliphatic heterocycles. The van der Waals surface area contributed by atoms with E-state index in [1.807, 2.05) is 0 Å². The second-order valence-electron chi connectivity index (χ2n) is 8.55. The number of amides is 1. The van der Waals surface area contributed by atoms with E-state index in [9.17, 15) is 4.79 Å². The van der Waals surface area contributed by atoms with Crippen molar-refractivity contribution in [1.82, 2.24) is 21.0 Å². The first-order valence-corrected chi connectivity index (χ1v) is 10.3. The van der Waals surface area contributed by atoms with Crippen molar-refractivity contribution in [2.45, 2.75) is 58.0 Å². The fourth-order valence-electron chi connectivity index (χ4n) is 4.83. The van der Waals surface area contributed by atoms with Crippen LogP contribution >= 0.6 is 0 Å². The number of carbonyl (C=O) groups is 1. The SMILES string of the molecule is CCC1NC(c2ccc3c(c2)CC[C@H]3NC(=O)C2CC(C)CN(C)C2)NO1. The van der Waals surface area contributed by atoms with Crippen LogP contribution in [0.15, 0.2) is 18.2 Å². The average Bonchev–Trinajstić information content (AvgIpc) is 3.27. The van der Waals surface area contributed by atoms with Gasteiger partial charge in [0.2, 0.25) is 5.91 Å². The molecule has 0 bridgehead atoms. The van der Waals surface area contributed by atoms with Crippen LogP contribution in [0.5, 0.6) is 0 Å². The lowest BCUT2D eigenvalue weighted by atomic mass is 9.90. The molecule has 1 aliphatic carbocycles. The number of nitrogens with zero attached hydrogens (tertiary/aromatic N) is 1. The summed E-state index contributed by atoms with van der Waals surface area (Å²) in [7, 11) is 2.11. The molecule has 2 fully saturated rings. The van der Waals surface area contributed by atoms with Gasteiger partial charge in [-0.05, 0) is 55.3 Å². The van der Waals surface area contributed by atoms with Gasteiger partial charge in [0.15, 0.2) is 0 Å². The summed E-state index contributed by atoms with van der Waals surface area (Å²) in [4.78, 5) is 20.6. The van der Waals surface area contributed by atoms with E-state index in [0.29, 0.717) is 5.92 Å². The molecule has 0 radical (unpaired) electrons. The number of aryl methyl sites for hydroxylation is 1. The molecule has 1 aromatic carbocycles. The third kappa shape index (κ3) is 4.04. The third-order valence-corrected chi connectivity index (χ3v) is 6.16. The van der Waals surface area contributed by atoms with E-state index < -0.39 is 0 Å². The van der Waals surface area contributed by atoms with E-state index in [-0.39, 0.29) is 30.3 Å². The Kier molecular flexibility index (Phi) is 5.50. The van der Waals surface area contributed by atoms with Crippen LogP contribution in [0, 0.1) is 11.8 Å². The number of carbonyl (C=O) groups excluding carboxylic acids is 1. The van der Waals surface area contributed by atoms with Gasteiger partial charge in [-0.25, -0.2) is 0 Å². The molecule has 5 atom stereocenters. The Hall–Kier alpha value is -1.47. The highest BCUT2D eigenvalue weighted by atomic mass is 16.7. The summed E-state index contributed by atoms with van der Waals surface area (Å²) in [5, 5.41) is 6.76. The minimum absolute atomic E-state index is 0.0353. The van der Waals surface area contributed by atoms with Gasteiger partial charge >= 0.3 is 0 Å². The molecule has 4 rings (SSSR count). The van der Waals surface area contributed by atoms with Gasteiger partial charge < -0.3 is 10.2 Å². The molecule has 2 heterocycles. The van der Waals surface area contributed by atoms with Crippen LogP contribution in [0.25, 0.3) is 0 Å². The lowest BCUT2D eigenvalue weighted by molar-refractivity contribution is -0.128. The number of hydrogen-bond acceptors (Lipinski definition) is 5. The molecule has 27 heavy (non-hydrogen) atoms. The number of fused-ring (bicyclic) bond motifs is 1. The van der Waals surface area contributed by atoms with Gasteiger partial charge in [-0.2, -0.15) is 5.48 Å². The number of piperidine rings is 1. The molecule has 3 aliphatic rings. The second kappa shape index (κ2) is 7.87. The molecule has 3 N–H and O–H groups in total. The van der Waals surface area contributed by atoms with Crippen molar-refractivity contribution in [2.75, 3.05) is 20.1 Å². The van der Waals surface area contributed by atoms with Crippen LogP contribution in [0.4, 0.5) is 0 Å². The predicted molar refractivity (Wildman–Crippen MR) is 105 cm³/mol. The molecule has 4 unspecified atom stereocenters. The average molecular weight is 373 g/mol. The number of hydroxylamine groups is 1. The molecule has 0 saturated carbocycles. The Balaban J connectivity index is 1.41. The van der Waals surface area contributed by atoms with Gasteiger partial charge in [-0.15, -0.1) is 0 Å². The lowest BCUT2D eigenvalue weighted by Crippen LogP contribution is -2.44. The van der Waals surface area contributed by atoms with Gasteiger partial charge in [0, 0.05) is 13.1 Å². The maximum atomic E-state index is 12.8. The molecule has 0 spiro atoms. The van der Waals surface area contributed by atoms with E-state index in [4.69, 9.17) is 4.84 Å². The number of nitrogens with one attached hydrogen (secondary N) is 3. The van der Waals surface area contributed by atoms with Crippen molar-refractivity contribution in [2.24, 2.45) is 11.8 Å². The third-order valence-electron chi connectivity index (χ3n) is 6.16. The molecule has 1 amide bonds. The highest BCUT2D eigenvalue weighted by Crippen LogP contribution is 2.34. The van der Waals surface area contributed by atoms with Gasteiger partial charge in [0.05, 0.1) is 12.0 Å². The van der Waals surface area contributed by atoms with Crippen LogP contribution < -0.4 is 16.1 Å². The van der Waals surface area contributed by atoms with Crippen molar-refractivity contribution in [3.8, 4) is 0 Å². The Morgan fingerprint density at radius 2 is 2.22 bits per heavy atom. The Morgan fingerprint density at radius 3 is 2.96 bits per heavy atom. The van der Waals surface area contributed by atoms with Crippen LogP contribution in [0.2, 0.25) is 0 Å². The smallest absolute Gasteiger partial charge is 0.224 e. The molecule has 0 aromatic heterocycles. The molecular weight excluding hydrogens is 340 g/mol. The second-order valence-corrected chi connectivity index (χ2v) is 8.55. The van der Waals surface area contributed by atoms with Crippen LogP contribution in [0.3, 0.4) is 0 Å². The zero-order valence-corrected chi connectivity index (χ0v) is 16.6. The highest BCUT2D eigenvalue weighted by Gasteiger charge is 2.32. The standard InChI is InChI=1S/C21H32N4O2/c1-4-19-23-20(24-27-19)15-5-7-17-14(10-15)6-8-18(17)22-21(26)16-9-13(2)11-25(3)12-16/h5,7,10,13,16,18-20,23-24H,4,6,8-9,11-12H2,1-3H3,(H,22,26)/t13?,16?,18-,19?,20?/m1/s1. The van der Waals surface area contributed by atoms with E-state index in [1.54, 1.807) is 0 Å². The fraction of sp³-hybridized carbons (Fsp3) is 0.667. The van der Waals surface area contributed by atoms with E-state index >= 15 is 0 Å². The van der Waals surface area contributed by atoms with Gasteiger partial charge in [0.1, 0.15) is 12.4 Å². The first kappa shape index (κ1) is 18.9. The van der Waals surface area contributed by atoms with Crippen molar-refractivity contribution in [3.05, 3.63) is 34.9 Å². The van der Waals surface area contributed by atoms with Crippen LogP contribution in [-0.4, -0.2) is 37.2 Å². The van der Waals surface area contributed by atoms with Gasteiger partial charge in [0.25, 0.3) is 0 Å². The highest BCUT2D eigenvalue weighted by molar-refractivity contribution is 5.79. The van der Waals surface area contributed by atoms with Gasteiger partial charge in [-0.1, -0.05) is 32.0 Å². The molecule has 148 valence electrons. The Morgan fingerprint density at radius 1 is 1.37 bits per heavy atom. The zero-order chi connectivity index (χ0) is 19.0. The molecule has 1 aromatic rings. The predicted octanol–water partition coefficient (Wildman–Crippen LogP) is 2.24. The quantitative estimate of drug-likeness (QED) is 0.756. The first-order valence-electron chi connectivity index (χ1n) is 10.3. The molecular formula is C21H32N4O2. The molecule has 6 heteroatoms. The molecule has 2 saturated heterocycles. The normalized spacial score (nSPS) is 33.8. The summed E-state index contributed by atoms with van der Waals surface area (Å²) >= 11 is 0.